The molecular formula is C8H14N2S. The molecule has 0 spiro atoms. The highest BCUT2D eigenvalue weighted by Crippen LogP contribution is 2.08. The van der Waals surface area contributed by atoms with Gasteiger partial charge in [-0.3, -0.25) is 0 Å². The quantitative estimate of drug-likeness (QED) is 0.684. The van der Waals surface area contributed by atoms with Gasteiger partial charge in [-0.2, -0.15) is 0 Å². The largest absolute Gasteiger partial charge is 0.330 e. The number of thiazole rings is 1. The van der Waals surface area contributed by atoms with Gasteiger partial charge in [-0.15, -0.1) is 11.3 Å². The fourth-order valence-corrected chi connectivity index (χ4v) is 1.64. The summed E-state index contributed by atoms with van der Waals surface area (Å²) >= 11 is 1.74. The smallest absolute Gasteiger partial charge is 0.0924 e. The third kappa shape index (κ3) is 3.49. The van der Waals surface area contributed by atoms with Gasteiger partial charge in [-0.25, -0.2) is 4.98 Å². The first kappa shape index (κ1) is 8.68. The minimum Gasteiger partial charge on any atom is -0.330 e. The van der Waals surface area contributed by atoms with Crippen LogP contribution < -0.4 is 5.73 Å². The third-order valence-corrected chi connectivity index (χ3v) is 2.42. The van der Waals surface area contributed by atoms with Gasteiger partial charge in [0.2, 0.25) is 0 Å². The molecule has 2 N–H and O–H groups in total. The van der Waals surface area contributed by atoms with Crippen LogP contribution in [0, 0.1) is 0 Å². The maximum Gasteiger partial charge on any atom is 0.0924 e. The Morgan fingerprint density at radius 3 is 2.91 bits per heavy atom. The summed E-state index contributed by atoms with van der Waals surface area (Å²) in [6.45, 7) is 0.817. The Bertz CT molecular complexity index is 172. The van der Waals surface area contributed by atoms with Crippen molar-refractivity contribution in [2.75, 3.05) is 6.54 Å². The van der Waals surface area contributed by atoms with Crippen LogP contribution in [0.4, 0.5) is 0 Å². The highest BCUT2D eigenvalue weighted by Gasteiger charge is 1.93. The Hall–Kier alpha value is -0.410. The lowest BCUT2D eigenvalue weighted by atomic mass is 10.2. The SMILES string of the molecule is NCCCCCc1nccs1. The average Bonchev–Trinajstić information content (AvgIpc) is 2.50. The molecular weight excluding hydrogens is 156 g/mol. The molecule has 62 valence electrons. The molecule has 1 aromatic rings. The number of unbranched alkanes of at least 4 members (excludes halogenated alkanes) is 2. The first-order chi connectivity index (χ1) is 5.43. The third-order valence-electron chi connectivity index (χ3n) is 1.58. The Morgan fingerprint density at radius 1 is 1.36 bits per heavy atom. The van der Waals surface area contributed by atoms with Gasteiger partial charge in [-0.05, 0) is 25.8 Å². The summed E-state index contributed by atoms with van der Waals surface area (Å²) in [6, 6.07) is 0. The number of aryl methyl sites for hydroxylation is 1. The molecule has 0 radical (unpaired) electrons. The first-order valence-electron chi connectivity index (χ1n) is 4.02. The molecule has 0 amide bonds. The standard InChI is InChI=1S/C8H14N2S/c9-5-3-1-2-4-8-10-6-7-11-8/h6-7H,1-5,9H2. The van der Waals surface area contributed by atoms with E-state index in [1.807, 2.05) is 11.6 Å². The molecule has 0 atom stereocenters. The lowest BCUT2D eigenvalue weighted by Crippen LogP contribution is -1.98. The second kappa shape index (κ2) is 5.27. The van der Waals surface area contributed by atoms with E-state index < -0.39 is 0 Å². The number of rotatable bonds is 5. The van der Waals surface area contributed by atoms with Crippen LogP contribution in [-0.4, -0.2) is 11.5 Å². The molecule has 0 unspecified atom stereocenters. The summed E-state index contributed by atoms with van der Waals surface area (Å²) in [5.41, 5.74) is 5.37. The van der Waals surface area contributed by atoms with Gasteiger partial charge in [0.05, 0.1) is 5.01 Å². The Balaban J connectivity index is 2.04. The van der Waals surface area contributed by atoms with E-state index in [0.717, 1.165) is 19.4 Å². The summed E-state index contributed by atoms with van der Waals surface area (Å²) in [5, 5.41) is 3.28. The summed E-state index contributed by atoms with van der Waals surface area (Å²) < 4.78 is 0. The monoisotopic (exact) mass is 170 g/mol. The van der Waals surface area contributed by atoms with Gasteiger partial charge in [-0.1, -0.05) is 6.42 Å². The van der Waals surface area contributed by atoms with E-state index in [1.54, 1.807) is 11.3 Å². The van der Waals surface area contributed by atoms with E-state index in [2.05, 4.69) is 4.98 Å². The van der Waals surface area contributed by atoms with Crippen molar-refractivity contribution >= 4 is 11.3 Å². The van der Waals surface area contributed by atoms with Crippen LogP contribution in [0.15, 0.2) is 11.6 Å². The van der Waals surface area contributed by atoms with Gasteiger partial charge in [0.15, 0.2) is 0 Å². The normalized spacial score (nSPS) is 10.3. The van der Waals surface area contributed by atoms with Crippen molar-refractivity contribution in [2.45, 2.75) is 25.7 Å². The Morgan fingerprint density at radius 2 is 2.27 bits per heavy atom. The fourth-order valence-electron chi connectivity index (χ4n) is 0.974. The molecule has 11 heavy (non-hydrogen) atoms. The summed E-state index contributed by atoms with van der Waals surface area (Å²) in [7, 11) is 0. The molecule has 0 aromatic carbocycles. The van der Waals surface area contributed by atoms with E-state index in [1.165, 1.54) is 17.8 Å². The van der Waals surface area contributed by atoms with E-state index in [0.29, 0.717) is 0 Å². The zero-order chi connectivity index (χ0) is 7.94. The van der Waals surface area contributed by atoms with Crippen LogP contribution in [0.25, 0.3) is 0 Å². The molecule has 3 heteroatoms. The molecule has 0 saturated carbocycles. The highest BCUT2D eigenvalue weighted by atomic mass is 32.1. The molecule has 1 aromatic heterocycles. The summed E-state index contributed by atoms with van der Waals surface area (Å²) in [4.78, 5) is 4.20. The molecule has 2 nitrogen and oxygen atoms in total. The first-order valence-corrected chi connectivity index (χ1v) is 4.90. The lowest BCUT2D eigenvalue weighted by molar-refractivity contribution is 0.685. The van der Waals surface area contributed by atoms with Gasteiger partial charge in [0.25, 0.3) is 0 Å². The van der Waals surface area contributed by atoms with Gasteiger partial charge < -0.3 is 5.73 Å². The maximum atomic E-state index is 5.37. The fraction of sp³-hybridized carbons (Fsp3) is 0.625. The van der Waals surface area contributed by atoms with Gasteiger partial charge >= 0.3 is 0 Å². The second-order valence-corrected chi connectivity index (χ2v) is 3.50. The minimum atomic E-state index is 0.817. The number of hydrogen-bond acceptors (Lipinski definition) is 3. The van der Waals surface area contributed by atoms with E-state index >= 15 is 0 Å². The highest BCUT2D eigenvalue weighted by molar-refractivity contribution is 7.09. The van der Waals surface area contributed by atoms with Gasteiger partial charge in [0, 0.05) is 11.6 Å². The zero-order valence-electron chi connectivity index (χ0n) is 6.62. The molecule has 1 rings (SSSR count). The predicted octanol–water partition coefficient (Wildman–Crippen LogP) is 1.81. The molecule has 0 aliphatic carbocycles. The predicted molar refractivity (Wildman–Crippen MR) is 48.7 cm³/mol. The van der Waals surface area contributed by atoms with Crippen molar-refractivity contribution in [3.63, 3.8) is 0 Å². The molecule has 0 saturated heterocycles. The number of nitrogens with zero attached hydrogens (tertiary/aromatic N) is 1. The number of hydrogen-bond donors (Lipinski definition) is 1. The van der Waals surface area contributed by atoms with Crippen LogP contribution >= 0.6 is 11.3 Å². The minimum absolute atomic E-state index is 0.817. The van der Waals surface area contributed by atoms with Crippen LogP contribution in [-0.2, 0) is 6.42 Å². The van der Waals surface area contributed by atoms with Crippen molar-refractivity contribution in [1.82, 2.24) is 4.98 Å². The van der Waals surface area contributed by atoms with Crippen LogP contribution in [0.2, 0.25) is 0 Å². The van der Waals surface area contributed by atoms with Crippen molar-refractivity contribution in [3.8, 4) is 0 Å². The summed E-state index contributed by atoms with van der Waals surface area (Å²) in [6.07, 6.45) is 6.59. The number of aromatic nitrogens is 1. The van der Waals surface area contributed by atoms with Crippen molar-refractivity contribution in [1.29, 1.82) is 0 Å². The number of nitrogens with two attached hydrogens (primary N) is 1. The van der Waals surface area contributed by atoms with Crippen LogP contribution in [0.3, 0.4) is 0 Å². The van der Waals surface area contributed by atoms with Crippen LogP contribution in [0.1, 0.15) is 24.3 Å². The van der Waals surface area contributed by atoms with Crippen LogP contribution in [0.5, 0.6) is 0 Å². The topological polar surface area (TPSA) is 38.9 Å². The molecule has 0 bridgehead atoms. The van der Waals surface area contributed by atoms with Crippen molar-refractivity contribution in [2.24, 2.45) is 5.73 Å². The van der Waals surface area contributed by atoms with Crippen molar-refractivity contribution < 1.29 is 0 Å². The van der Waals surface area contributed by atoms with Crippen molar-refractivity contribution in [3.05, 3.63) is 16.6 Å². The second-order valence-electron chi connectivity index (χ2n) is 2.53. The average molecular weight is 170 g/mol. The molecule has 1 heterocycles. The maximum absolute atomic E-state index is 5.37. The molecule has 0 fully saturated rings. The Kier molecular flexibility index (Phi) is 4.16. The summed E-state index contributed by atoms with van der Waals surface area (Å²) in [5.74, 6) is 0. The molecule has 0 aliphatic heterocycles. The van der Waals surface area contributed by atoms with Gasteiger partial charge in [0.1, 0.15) is 0 Å². The Labute approximate surface area is 71.5 Å². The van der Waals surface area contributed by atoms with E-state index in [9.17, 15) is 0 Å². The molecule has 0 aliphatic rings. The lowest BCUT2D eigenvalue weighted by Gasteiger charge is -1.95. The zero-order valence-corrected chi connectivity index (χ0v) is 7.44. The van der Waals surface area contributed by atoms with E-state index in [4.69, 9.17) is 5.73 Å². The van der Waals surface area contributed by atoms with E-state index in [-0.39, 0.29) is 0 Å².